The first-order chi connectivity index (χ1) is 12.9. The molecule has 0 spiro atoms. The van der Waals surface area contributed by atoms with Crippen LogP contribution in [0.4, 0.5) is 11.4 Å². The maximum atomic E-state index is 12.3. The molecule has 1 aliphatic carbocycles. The van der Waals surface area contributed by atoms with E-state index >= 15 is 0 Å². The van der Waals surface area contributed by atoms with Crippen molar-refractivity contribution in [1.82, 2.24) is 4.31 Å². The third-order valence-electron chi connectivity index (χ3n) is 4.73. The van der Waals surface area contributed by atoms with E-state index in [-0.39, 0.29) is 17.3 Å². The molecule has 144 valence electrons. The van der Waals surface area contributed by atoms with Crippen LogP contribution in [0, 0.1) is 0 Å². The highest BCUT2D eigenvalue weighted by Gasteiger charge is 2.18. The Morgan fingerprint density at radius 1 is 1.07 bits per heavy atom. The van der Waals surface area contributed by atoms with Crippen molar-refractivity contribution in [3.63, 3.8) is 0 Å². The summed E-state index contributed by atoms with van der Waals surface area (Å²) in [5.74, 6) is -0.220. The van der Waals surface area contributed by atoms with E-state index in [1.54, 1.807) is 12.1 Å². The molecular weight excluding hydrogens is 362 g/mol. The van der Waals surface area contributed by atoms with Gasteiger partial charge in [-0.15, -0.1) is 0 Å². The van der Waals surface area contributed by atoms with Crippen molar-refractivity contribution in [1.29, 1.82) is 0 Å². The highest BCUT2D eigenvalue weighted by atomic mass is 32.2. The smallest absolute Gasteiger partial charge is 0.243 e. The molecular formula is C20H25N3O3S. The lowest BCUT2D eigenvalue weighted by atomic mass is 9.90. The fraction of sp³-hybridized carbons (Fsp3) is 0.350. The van der Waals surface area contributed by atoms with Crippen LogP contribution < -0.4 is 10.6 Å². The Hall–Kier alpha value is -2.38. The summed E-state index contributed by atoms with van der Waals surface area (Å²) in [6.07, 6.45) is 4.50. The number of nitrogens with one attached hydrogen (secondary N) is 2. The Labute approximate surface area is 160 Å². The number of nitrogens with zero attached hydrogens (tertiary/aromatic N) is 1. The first-order valence-electron chi connectivity index (χ1n) is 9.05. The van der Waals surface area contributed by atoms with Crippen LogP contribution in [0.2, 0.25) is 0 Å². The van der Waals surface area contributed by atoms with E-state index in [1.807, 2.05) is 12.1 Å². The van der Waals surface area contributed by atoms with Crippen molar-refractivity contribution in [3.8, 4) is 0 Å². The average Bonchev–Trinajstić information content (AvgIpc) is 2.66. The number of rotatable bonds is 6. The van der Waals surface area contributed by atoms with Gasteiger partial charge in [-0.05, 0) is 61.1 Å². The fourth-order valence-corrected chi connectivity index (χ4v) is 4.22. The maximum Gasteiger partial charge on any atom is 0.243 e. The van der Waals surface area contributed by atoms with E-state index in [2.05, 4.69) is 16.7 Å². The first-order valence-corrected chi connectivity index (χ1v) is 10.5. The van der Waals surface area contributed by atoms with Crippen LogP contribution in [0.15, 0.2) is 47.4 Å². The number of hydrogen-bond donors (Lipinski definition) is 2. The van der Waals surface area contributed by atoms with Gasteiger partial charge in [-0.2, -0.15) is 0 Å². The van der Waals surface area contributed by atoms with Crippen LogP contribution in [0.5, 0.6) is 0 Å². The van der Waals surface area contributed by atoms with Crippen molar-refractivity contribution in [2.45, 2.75) is 30.6 Å². The second-order valence-corrected chi connectivity index (χ2v) is 9.02. The SMILES string of the molecule is CN(C)S(=O)(=O)c1cccc(NC(=O)CNc2cccc3c2CCCC3)c1. The number of benzene rings is 2. The quantitative estimate of drug-likeness (QED) is 0.799. The zero-order valence-electron chi connectivity index (χ0n) is 15.7. The molecule has 3 rings (SSSR count). The number of amides is 1. The van der Waals surface area contributed by atoms with Gasteiger partial charge < -0.3 is 10.6 Å². The van der Waals surface area contributed by atoms with Crippen molar-refractivity contribution < 1.29 is 13.2 Å². The van der Waals surface area contributed by atoms with Gasteiger partial charge in [-0.25, -0.2) is 12.7 Å². The summed E-state index contributed by atoms with van der Waals surface area (Å²) in [4.78, 5) is 12.5. The molecule has 0 saturated heterocycles. The van der Waals surface area contributed by atoms with Gasteiger partial charge in [0.1, 0.15) is 0 Å². The van der Waals surface area contributed by atoms with E-state index in [4.69, 9.17) is 0 Å². The lowest BCUT2D eigenvalue weighted by Gasteiger charge is -2.20. The van der Waals surface area contributed by atoms with Crippen LogP contribution in [0.1, 0.15) is 24.0 Å². The van der Waals surface area contributed by atoms with Gasteiger partial charge in [0, 0.05) is 25.5 Å². The molecule has 0 radical (unpaired) electrons. The summed E-state index contributed by atoms with van der Waals surface area (Å²) in [5.41, 5.74) is 4.12. The first kappa shape index (κ1) is 19.4. The molecule has 1 amide bonds. The predicted molar refractivity (Wildman–Crippen MR) is 108 cm³/mol. The Balaban J connectivity index is 1.66. The van der Waals surface area contributed by atoms with Gasteiger partial charge in [0.15, 0.2) is 0 Å². The summed E-state index contributed by atoms with van der Waals surface area (Å²) in [6.45, 7) is 0.126. The molecule has 0 heterocycles. The molecule has 0 bridgehead atoms. The largest absolute Gasteiger partial charge is 0.376 e. The lowest BCUT2D eigenvalue weighted by molar-refractivity contribution is -0.114. The van der Waals surface area contributed by atoms with Crippen LogP contribution in [0.25, 0.3) is 0 Å². The molecule has 27 heavy (non-hydrogen) atoms. The summed E-state index contributed by atoms with van der Waals surface area (Å²) in [5, 5.41) is 5.98. The standard InChI is InChI=1S/C20H25N3O3S/c1-23(2)27(25,26)17-10-6-9-16(13-17)22-20(24)14-21-19-12-5-8-15-7-3-4-11-18(15)19/h5-6,8-10,12-13,21H,3-4,7,11,14H2,1-2H3,(H,22,24). The van der Waals surface area contributed by atoms with Gasteiger partial charge in [-0.3, -0.25) is 4.79 Å². The van der Waals surface area contributed by atoms with Crippen molar-refractivity contribution >= 4 is 27.3 Å². The molecule has 2 aromatic rings. The number of carbonyl (C=O) groups is 1. The highest BCUT2D eigenvalue weighted by molar-refractivity contribution is 7.89. The van der Waals surface area contributed by atoms with Gasteiger partial charge in [0.2, 0.25) is 15.9 Å². The number of sulfonamides is 1. The minimum Gasteiger partial charge on any atom is -0.376 e. The Morgan fingerprint density at radius 2 is 1.81 bits per heavy atom. The van der Waals surface area contributed by atoms with Crippen molar-refractivity contribution in [2.24, 2.45) is 0 Å². The number of fused-ring (bicyclic) bond motifs is 1. The molecule has 0 aromatic heterocycles. The normalized spacial score (nSPS) is 13.9. The monoisotopic (exact) mass is 387 g/mol. The van der Waals surface area contributed by atoms with Crippen LogP contribution in [-0.4, -0.2) is 39.3 Å². The van der Waals surface area contributed by atoms with Gasteiger partial charge in [-0.1, -0.05) is 18.2 Å². The molecule has 1 aliphatic rings. The number of carbonyl (C=O) groups excluding carboxylic acids is 1. The molecule has 6 nitrogen and oxygen atoms in total. The summed E-state index contributed by atoms with van der Waals surface area (Å²) in [6, 6.07) is 12.4. The van der Waals surface area contributed by atoms with Crippen molar-refractivity contribution in [2.75, 3.05) is 31.3 Å². The van der Waals surface area contributed by atoms with Crippen LogP contribution in [-0.2, 0) is 27.7 Å². The van der Waals surface area contributed by atoms with Gasteiger partial charge in [0.25, 0.3) is 0 Å². The zero-order valence-corrected chi connectivity index (χ0v) is 16.5. The molecule has 2 N–H and O–H groups in total. The molecule has 0 atom stereocenters. The van der Waals surface area contributed by atoms with E-state index < -0.39 is 10.0 Å². The minimum absolute atomic E-state index is 0.126. The summed E-state index contributed by atoms with van der Waals surface area (Å²) in [7, 11) is -0.580. The minimum atomic E-state index is -3.53. The Morgan fingerprint density at radius 3 is 2.59 bits per heavy atom. The topological polar surface area (TPSA) is 78.5 Å². The Bertz CT molecular complexity index is 939. The molecule has 2 aromatic carbocycles. The van der Waals surface area contributed by atoms with E-state index in [0.29, 0.717) is 5.69 Å². The predicted octanol–water partition coefficient (Wildman–Crippen LogP) is 2.87. The van der Waals surface area contributed by atoms with E-state index in [0.717, 1.165) is 22.8 Å². The molecule has 0 aliphatic heterocycles. The van der Waals surface area contributed by atoms with Crippen molar-refractivity contribution in [3.05, 3.63) is 53.6 Å². The fourth-order valence-electron chi connectivity index (χ4n) is 3.27. The van der Waals surface area contributed by atoms with E-state index in [9.17, 15) is 13.2 Å². The van der Waals surface area contributed by atoms with Gasteiger partial charge >= 0.3 is 0 Å². The average molecular weight is 388 g/mol. The lowest BCUT2D eigenvalue weighted by Crippen LogP contribution is -2.24. The van der Waals surface area contributed by atoms with Crippen LogP contribution in [0.3, 0.4) is 0 Å². The van der Waals surface area contributed by atoms with E-state index in [1.165, 1.54) is 50.2 Å². The molecule has 0 saturated carbocycles. The third kappa shape index (κ3) is 4.48. The highest BCUT2D eigenvalue weighted by Crippen LogP contribution is 2.27. The summed E-state index contributed by atoms with van der Waals surface area (Å²) >= 11 is 0. The summed E-state index contributed by atoms with van der Waals surface area (Å²) < 4.78 is 25.6. The van der Waals surface area contributed by atoms with Crippen LogP contribution >= 0.6 is 0 Å². The zero-order chi connectivity index (χ0) is 19.4. The van der Waals surface area contributed by atoms with Gasteiger partial charge in [0.05, 0.1) is 11.4 Å². The number of hydrogen-bond acceptors (Lipinski definition) is 4. The second-order valence-electron chi connectivity index (χ2n) is 6.87. The second kappa shape index (κ2) is 8.10. The number of aryl methyl sites for hydroxylation is 1. The third-order valence-corrected chi connectivity index (χ3v) is 6.54. The molecule has 0 fully saturated rings. The maximum absolute atomic E-state index is 12.3. The number of anilines is 2. The molecule has 7 heteroatoms. The molecule has 0 unspecified atom stereocenters. The Kier molecular flexibility index (Phi) is 5.82.